The number of aliphatic hydroxyl groups excluding tert-OH is 2. The first kappa shape index (κ1) is 41.7. The van der Waals surface area contributed by atoms with Gasteiger partial charge in [-0.05, 0) is 55.0 Å². The summed E-state index contributed by atoms with van der Waals surface area (Å²) >= 11 is 23.2. The van der Waals surface area contributed by atoms with Crippen molar-refractivity contribution in [2.24, 2.45) is 0 Å². The van der Waals surface area contributed by atoms with Crippen LogP contribution < -0.4 is 9.47 Å². The number of aliphatic hydroxyl groups is 2. The predicted molar refractivity (Wildman–Crippen MR) is 196 cm³/mol. The Labute approximate surface area is 310 Å². The molecule has 3 N–H and O–H groups in total. The first-order valence-electron chi connectivity index (χ1n) is 14.5. The van der Waals surface area contributed by atoms with Crippen molar-refractivity contribution in [1.29, 1.82) is 0 Å². The normalized spacial score (nSPS) is 12.0. The van der Waals surface area contributed by atoms with Gasteiger partial charge in [-0.15, -0.1) is 0 Å². The molecule has 262 valence electrons. The van der Waals surface area contributed by atoms with E-state index in [2.05, 4.69) is 18.2 Å². The molecule has 0 saturated carbocycles. The number of esters is 1. The highest BCUT2D eigenvalue weighted by atomic mass is 35.5. The third kappa shape index (κ3) is 13.1. The summed E-state index contributed by atoms with van der Waals surface area (Å²) in [6.45, 7) is -0.854. The molecule has 0 fully saturated rings. The van der Waals surface area contributed by atoms with Crippen molar-refractivity contribution in [3.63, 3.8) is 0 Å². The van der Waals surface area contributed by atoms with Crippen molar-refractivity contribution in [2.45, 2.75) is 19.6 Å². The van der Waals surface area contributed by atoms with Crippen molar-refractivity contribution in [2.75, 3.05) is 21.3 Å². The van der Waals surface area contributed by atoms with E-state index >= 15 is 0 Å². The lowest BCUT2D eigenvalue weighted by Gasteiger charge is -2.11. The molecule has 0 spiro atoms. The third-order valence-electron chi connectivity index (χ3n) is 6.41. The Morgan fingerprint density at radius 2 is 1.28 bits per heavy atom. The number of allylic oxidation sites excluding steroid dienone is 9. The number of aromatic carboxylic acids is 1. The highest BCUT2D eigenvalue weighted by Crippen LogP contribution is 2.29. The van der Waals surface area contributed by atoms with E-state index in [1.807, 2.05) is 36.5 Å². The monoisotopic (exact) mass is 762 g/mol. The largest absolute Gasteiger partial charge is 0.497 e. The van der Waals surface area contributed by atoms with Gasteiger partial charge in [0.15, 0.2) is 0 Å². The number of hydrogen-bond donors (Lipinski definition) is 3. The maximum Gasteiger partial charge on any atom is 0.345 e. The van der Waals surface area contributed by atoms with Crippen LogP contribution in [0.4, 0.5) is 0 Å². The van der Waals surface area contributed by atoms with Gasteiger partial charge in [0.2, 0.25) is 5.76 Å². The molecule has 0 bridgehead atoms. The van der Waals surface area contributed by atoms with Gasteiger partial charge in [0.05, 0.1) is 60.8 Å². The van der Waals surface area contributed by atoms with Crippen molar-refractivity contribution in [3.05, 3.63) is 151 Å². The summed E-state index contributed by atoms with van der Waals surface area (Å²) in [5.74, 6) is 0.917. The molecule has 0 saturated heterocycles. The van der Waals surface area contributed by atoms with E-state index in [0.717, 1.165) is 18.0 Å². The van der Waals surface area contributed by atoms with Crippen molar-refractivity contribution >= 4 is 64.1 Å². The molecule has 2 aliphatic rings. The lowest BCUT2D eigenvalue weighted by molar-refractivity contribution is -0.417. The highest BCUT2D eigenvalue weighted by molar-refractivity contribution is 6.37. The summed E-state index contributed by atoms with van der Waals surface area (Å²) in [6.07, 6.45) is 19.4. The number of carbonyl (C=O) groups is 2. The lowest BCUT2D eigenvalue weighted by atomic mass is 10.1. The number of carboxylic acid groups (broad SMARTS) is 1. The Bertz CT molecular complexity index is 1780. The van der Waals surface area contributed by atoms with Gasteiger partial charge in [0, 0.05) is 39.4 Å². The molecule has 3 aromatic carbocycles. The number of hydrogen-bond acceptors (Lipinski definition) is 7. The molecule has 0 aromatic heterocycles. The SMILES string of the molecule is COC1=CC=[C+]C=C1.COc1ccc(OC(=O)c2c(Cl)ccc(Cl)c2CO)cc1.C[O+]=C1C=CCC=C1.O=C(O)c1c(Cl)ccc(Cl)c1CO. The zero-order valence-corrected chi connectivity index (χ0v) is 30.2. The predicted octanol–water partition coefficient (Wildman–Crippen LogP) is 8.58. The molecule has 0 atom stereocenters. The van der Waals surface area contributed by atoms with Crippen molar-refractivity contribution in [1.82, 2.24) is 0 Å². The fourth-order valence-corrected chi connectivity index (χ4v) is 4.84. The van der Waals surface area contributed by atoms with E-state index in [1.54, 1.807) is 45.6 Å². The topological polar surface area (TPSA) is 134 Å². The number of carboxylic acids is 1. The second-order valence-corrected chi connectivity index (χ2v) is 11.2. The van der Waals surface area contributed by atoms with E-state index in [-0.39, 0.29) is 42.3 Å². The molecule has 0 radical (unpaired) electrons. The first-order valence-corrected chi connectivity index (χ1v) is 16.0. The van der Waals surface area contributed by atoms with E-state index in [0.29, 0.717) is 11.5 Å². The lowest BCUT2D eigenvalue weighted by Crippen LogP contribution is -2.12. The highest BCUT2D eigenvalue weighted by Gasteiger charge is 2.20. The number of methoxy groups -OCH3 is 2. The van der Waals surface area contributed by atoms with Gasteiger partial charge in [-0.25, -0.2) is 9.59 Å². The molecule has 0 amide bonds. The summed E-state index contributed by atoms with van der Waals surface area (Å²) in [4.78, 5) is 22.9. The zero-order valence-electron chi connectivity index (χ0n) is 27.2. The molecule has 50 heavy (non-hydrogen) atoms. The van der Waals surface area contributed by atoms with Gasteiger partial charge in [-0.1, -0.05) is 58.6 Å². The Morgan fingerprint density at radius 1 is 0.760 bits per heavy atom. The first-order chi connectivity index (χ1) is 24.0. The molecule has 5 rings (SSSR count). The minimum Gasteiger partial charge on any atom is -0.497 e. The zero-order chi connectivity index (χ0) is 37.1. The quantitative estimate of drug-likeness (QED) is 0.0944. The van der Waals surface area contributed by atoms with Crippen LogP contribution in [-0.4, -0.2) is 54.4 Å². The number of ether oxygens (including phenoxy) is 3. The van der Waals surface area contributed by atoms with Crippen LogP contribution in [0.2, 0.25) is 20.1 Å². The van der Waals surface area contributed by atoms with Gasteiger partial charge < -0.3 is 29.5 Å². The molecular formula is C37H34Cl4O9+2. The molecule has 0 heterocycles. The molecule has 9 nitrogen and oxygen atoms in total. The second kappa shape index (κ2) is 22.3. The standard InChI is InChI=1S/C15H12Cl2O4.C8H6Cl2O3.C7H9O.C7H7O/c1-20-9-2-4-10(5-3-9)21-15(19)14-11(8-18)12(16)6-7-13(14)17;9-5-1-2-6(10)7(8(12)13)4(5)3-11;2*1-8-7-5-3-2-4-6-7/h2-7,18H,8H2,1H3;1-2,11H,3H2,(H,12,13);3-6H,2H2,1H3;3-6H,1H3/q;;2*+1. The van der Waals surface area contributed by atoms with Gasteiger partial charge in [-0.3, -0.25) is 4.42 Å². The number of rotatable bonds is 7. The van der Waals surface area contributed by atoms with Crippen molar-refractivity contribution < 1.29 is 43.5 Å². The van der Waals surface area contributed by atoms with Gasteiger partial charge >= 0.3 is 17.7 Å². The fraction of sp³-hybridized carbons (Fsp3) is 0.162. The average molecular weight is 764 g/mol. The number of ketones is 1. The number of benzene rings is 3. The van der Waals surface area contributed by atoms with Gasteiger partial charge in [0.1, 0.15) is 23.7 Å². The Balaban J connectivity index is 0.000000253. The summed E-state index contributed by atoms with van der Waals surface area (Å²) in [5.41, 5.74) is 0.295. The molecular weight excluding hydrogens is 730 g/mol. The van der Waals surface area contributed by atoms with Crippen LogP contribution in [-0.2, 0) is 22.4 Å². The van der Waals surface area contributed by atoms with Crippen LogP contribution in [0.1, 0.15) is 38.3 Å². The minimum atomic E-state index is -1.20. The Kier molecular flexibility index (Phi) is 18.6. The third-order valence-corrected chi connectivity index (χ3v) is 7.75. The second-order valence-electron chi connectivity index (χ2n) is 9.54. The Morgan fingerprint density at radius 3 is 1.68 bits per heavy atom. The van der Waals surface area contributed by atoms with Crippen LogP contribution >= 0.6 is 46.4 Å². The Hall–Kier alpha value is -4.44. The summed E-state index contributed by atoms with van der Waals surface area (Å²) in [7, 11) is 4.87. The molecule has 0 aliphatic heterocycles. The van der Waals surface area contributed by atoms with Crippen LogP contribution in [0.3, 0.4) is 0 Å². The van der Waals surface area contributed by atoms with E-state index in [4.69, 9.17) is 75.3 Å². The van der Waals surface area contributed by atoms with Gasteiger partial charge in [0.25, 0.3) is 7.11 Å². The van der Waals surface area contributed by atoms with Crippen LogP contribution in [0.15, 0.2) is 103 Å². The molecule has 3 aromatic rings. The van der Waals surface area contributed by atoms with E-state index in [1.165, 1.54) is 24.3 Å². The molecule has 2 aliphatic carbocycles. The number of carbonyl (C=O) groups excluding carboxylic acids is 2. The summed E-state index contributed by atoms with van der Waals surface area (Å²) in [5, 5.41) is 27.6. The summed E-state index contributed by atoms with van der Waals surface area (Å²) < 4.78 is 20.1. The molecule has 13 heteroatoms. The van der Waals surface area contributed by atoms with Crippen LogP contribution in [0, 0.1) is 6.08 Å². The van der Waals surface area contributed by atoms with Crippen LogP contribution in [0.5, 0.6) is 11.5 Å². The van der Waals surface area contributed by atoms with Crippen molar-refractivity contribution in [3.8, 4) is 11.5 Å². The average Bonchev–Trinajstić information content (AvgIpc) is 3.14. The fourth-order valence-electron chi connectivity index (χ4n) is 3.90. The maximum atomic E-state index is 12.2. The minimum absolute atomic E-state index is 0.0579. The smallest absolute Gasteiger partial charge is 0.345 e. The van der Waals surface area contributed by atoms with E-state index < -0.39 is 25.2 Å². The van der Waals surface area contributed by atoms with E-state index in [9.17, 15) is 14.7 Å². The molecule has 0 unspecified atom stereocenters. The van der Waals surface area contributed by atoms with Crippen LogP contribution in [0.25, 0.3) is 0 Å². The number of halogens is 4. The van der Waals surface area contributed by atoms with Gasteiger partial charge in [-0.2, -0.15) is 0 Å². The summed E-state index contributed by atoms with van der Waals surface area (Å²) in [6, 6.07) is 12.3. The maximum absolute atomic E-state index is 12.2.